The molecule has 1 aromatic rings. The van der Waals surface area contributed by atoms with Crippen molar-refractivity contribution in [1.82, 2.24) is 10.6 Å². The lowest BCUT2D eigenvalue weighted by Crippen LogP contribution is -2.49. The van der Waals surface area contributed by atoms with E-state index >= 15 is 0 Å². The maximum atomic E-state index is 11.6. The van der Waals surface area contributed by atoms with Gasteiger partial charge in [0.15, 0.2) is 0 Å². The van der Waals surface area contributed by atoms with Gasteiger partial charge in [-0.15, -0.1) is 0 Å². The van der Waals surface area contributed by atoms with Crippen molar-refractivity contribution in [2.45, 2.75) is 25.4 Å². The zero-order valence-corrected chi connectivity index (χ0v) is 10.5. The first-order valence-corrected chi connectivity index (χ1v) is 5.79. The highest BCUT2D eigenvalue weighted by atomic mass is 16.4. The third kappa shape index (κ3) is 4.18. The molecule has 0 aliphatic heterocycles. The van der Waals surface area contributed by atoms with Crippen LogP contribution >= 0.6 is 0 Å². The lowest BCUT2D eigenvalue weighted by Gasteiger charge is -2.17. The van der Waals surface area contributed by atoms with Gasteiger partial charge in [-0.05, 0) is 19.5 Å². The van der Waals surface area contributed by atoms with Gasteiger partial charge in [0.05, 0.1) is 6.04 Å². The Morgan fingerprint density at radius 3 is 2.39 bits per heavy atom. The Labute approximate surface area is 106 Å². The van der Waals surface area contributed by atoms with Crippen molar-refractivity contribution in [2.75, 3.05) is 7.05 Å². The highest BCUT2D eigenvalue weighted by Crippen LogP contribution is 2.03. The molecule has 0 aliphatic rings. The Hall–Kier alpha value is -1.88. The molecule has 98 valence electrons. The fourth-order valence-electron chi connectivity index (χ4n) is 1.48. The van der Waals surface area contributed by atoms with E-state index in [-0.39, 0.29) is 12.3 Å². The SMILES string of the molecule is CNC(C)C(=O)N[C@@H](Cc1ccccc1)C(=O)O. The molecule has 0 spiro atoms. The van der Waals surface area contributed by atoms with Crippen LogP contribution in [0.3, 0.4) is 0 Å². The van der Waals surface area contributed by atoms with Gasteiger partial charge in [0.1, 0.15) is 6.04 Å². The zero-order chi connectivity index (χ0) is 13.5. The lowest BCUT2D eigenvalue weighted by atomic mass is 10.1. The smallest absolute Gasteiger partial charge is 0.326 e. The average Bonchev–Trinajstić information content (AvgIpc) is 2.37. The van der Waals surface area contributed by atoms with Crippen LogP contribution in [0, 0.1) is 0 Å². The summed E-state index contributed by atoms with van der Waals surface area (Å²) in [7, 11) is 1.65. The predicted molar refractivity (Wildman–Crippen MR) is 68.2 cm³/mol. The largest absolute Gasteiger partial charge is 0.480 e. The van der Waals surface area contributed by atoms with Crippen LogP contribution in [0.15, 0.2) is 30.3 Å². The highest BCUT2D eigenvalue weighted by Gasteiger charge is 2.22. The predicted octanol–water partition coefficient (Wildman–Crippen LogP) is 0.406. The summed E-state index contributed by atoms with van der Waals surface area (Å²) in [4.78, 5) is 22.8. The van der Waals surface area contributed by atoms with Gasteiger partial charge in [-0.2, -0.15) is 0 Å². The van der Waals surface area contributed by atoms with Crippen LogP contribution in [0.25, 0.3) is 0 Å². The molecule has 0 radical (unpaired) electrons. The molecule has 1 aromatic carbocycles. The van der Waals surface area contributed by atoms with Gasteiger partial charge >= 0.3 is 5.97 Å². The Balaban J connectivity index is 2.67. The number of benzene rings is 1. The third-order valence-electron chi connectivity index (χ3n) is 2.72. The molecule has 0 saturated heterocycles. The van der Waals surface area contributed by atoms with Crippen LogP contribution in [-0.4, -0.2) is 36.1 Å². The number of hydrogen-bond acceptors (Lipinski definition) is 3. The Morgan fingerprint density at radius 1 is 1.28 bits per heavy atom. The molecule has 0 heterocycles. The van der Waals surface area contributed by atoms with Gasteiger partial charge in [0, 0.05) is 6.42 Å². The van der Waals surface area contributed by atoms with Crippen LogP contribution in [0.4, 0.5) is 0 Å². The van der Waals surface area contributed by atoms with E-state index in [0.717, 1.165) is 5.56 Å². The van der Waals surface area contributed by atoms with E-state index < -0.39 is 18.1 Å². The van der Waals surface area contributed by atoms with Crippen LogP contribution in [0.2, 0.25) is 0 Å². The fraction of sp³-hybridized carbons (Fsp3) is 0.385. The molecule has 1 rings (SSSR count). The summed E-state index contributed by atoms with van der Waals surface area (Å²) in [5.74, 6) is -1.35. The summed E-state index contributed by atoms with van der Waals surface area (Å²) >= 11 is 0. The molecule has 1 unspecified atom stereocenters. The number of rotatable bonds is 6. The first-order chi connectivity index (χ1) is 8.54. The van der Waals surface area contributed by atoms with E-state index in [2.05, 4.69) is 10.6 Å². The van der Waals surface area contributed by atoms with Crippen molar-refractivity contribution in [3.05, 3.63) is 35.9 Å². The van der Waals surface area contributed by atoms with Crippen LogP contribution in [0.1, 0.15) is 12.5 Å². The molecule has 0 aromatic heterocycles. The summed E-state index contributed by atoms with van der Waals surface area (Å²) in [6.45, 7) is 1.68. The second-order valence-electron chi connectivity index (χ2n) is 4.10. The van der Waals surface area contributed by atoms with Crippen LogP contribution in [-0.2, 0) is 16.0 Å². The third-order valence-corrected chi connectivity index (χ3v) is 2.72. The van der Waals surface area contributed by atoms with E-state index in [1.807, 2.05) is 30.3 Å². The molecule has 18 heavy (non-hydrogen) atoms. The molecule has 3 N–H and O–H groups in total. The van der Waals surface area contributed by atoms with E-state index in [4.69, 9.17) is 5.11 Å². The first kappa shape index (κ1) is 14.2. The van der Waals surface area contributed by atoms with Gasteiger partial charge in [-0.25, -0.2) is 4.79 Å². The van der Waals surface area contributed by atoms with Crippen LogP contribution in [0.5, 0.6) is 0 Å². The number of likely N-dealkylation sites (N-methyl/N-ethyl adjacent to an activating group) is 1. The molecule has 0 fully saturated rings. The molecule has 0 saturated carbocycles. The molecule has 5 nitrogen and oxygen atoms in total. The van der Waals surface area contributed by atoms with Gasteiger partial charge in [0.2, 0.25) is 5.91 Å². The number of carboxylic acid groups (broad SMARTS) is 1. The van der Waals surface area contributed by atoms with Crippen molar-refractivity contribution in [2.24, 2.45) is 0 Å². The monoisotopic (exact) mass is 250 g/mol. The minimum atomic E-state index is -1.03. The van der Waals surface area contributed by atoms with Gasteiger partial charge < -0.3 is 15.7 Å². The topological polar surface area (TPSA) is 78.4 Å². The molecule has 0 bridgehead atoms. The Morgan fingerprint density at radius 2 is 1.89 bits per heavy atom. The maximum absolute atomic E-state index is 11.6. The minimum absolute atomic E-state index is 0.276. The Kier molecular flexibility index (Phi) is 5.32. The van der Waals surface area contributed by atoms with Crippen molar-refractivity contribution < 1.29 is 14.7 Å². The van der Waals surface area contributed by atoms with Gasteiger partial charge in [-0.1, -0.05) is 30.3 Å². The summed E-state index contributed by atoms with van der Waals surface area (Å²) in [5, 5.41) is 14.4. The number of nitrogens with one attached hydrogen (secondary N) is 2. The number of aliphatic carboxylic acids is 1. The first-order valence-electron chi connectivity index (χ1n) is 5.79. The number of amides is 1. The number of carboxylic acids is 1. The summed E-state index contributed by atoms with van der Waals surface area (Å²) in [6.07, 6.45) is 0.276. The zero-order valence-electron chi connectivity index (χ0n) is 10.5. The van der Waals surface area contributed by atoms with Crippen LogP contribution < -0.4 is 10.6 Å². The molecule has 0 aliphatic carbocycles. The van der Waals surface area contributed by atoms with Gasteiger partial charge in [0.25, 0.3) is 0 Å². The molecule has 2 atom stereocenters. The molecule has 5 heteroatoms. The highest BCUT2D eigenvalue weighted by molar-refractivity contribution is 5.86. The lowest BCUT2D eigenvalue weighted by molar-refractivity contribution is -0.142. The standard InChI is InChI=1S/C13H18N2O3/c1-9(14-2)12(16)15-11(13(17)18)8-10-6-4-3-5-7-10/h3-7,9,11,14H,8H2,1-2H3,(H,15,16)(H,17,18)/t9?,11-/m0/s1. The molecular formula is C13H18N2O3. The van der Waals surface area contributed by atoms with E-state index in [0.29, 0.717) is 0 Å². The second kappa shape index (κ2) is 6.76. The van der Waals surface area contributed by atoms with Crippen molar-refractivity contribution in [1.29, 1.82) is 0 Å². The normalized spacial score (nSPS) is 13.7. The van der Waals surface area contributed by atoms with Crippen molar-refractivity contribution in [3.63, 3.8) is 0 Å². The second-order valence-corrected chi connectivity index (χ2v) is 4.10. The fourth-order valence-corrected chi connectivity index (χ4v) is 1.48. The van der Waals surface area contributed by atoms with Gasteiger partial charge in [-0.3, -0.25) is 4.79 Å². The van der Waals surface area contributed by atoms with E-state index in [9.17, 15) is 9.59 Å². The average molecular weight is 250 g/mol. The quantitative estimate of drug-likeness (QED) is 0.683. The molecule has 1 amide bonds. The number of hydrogen-bond donors (Lipinski definition) is 3. The van der Waals surface area contributed by atoms with Crippen molar-refractivity contribution in [3.8, 4) is 0 Å². The van der Waals surface area contributed by atoms with E-state index in [1.54, 1.807) is 14.0 Å². The Bertz CT molecular complexity index is 406. The van der Waals surface area contributed by atoms with E-state index in [1.165, 1.54) is 0 Å². The number of carbonyl (C=O) groups excluding carboxylic acids is 1. The summed E-state index contributed by atoms with van der Waals surface area (Å²) < 4.78 is 0. The minimum Gasteiger partial charge on any atom is -0.480 e. The number of carbonyl (C=O) groups is 2. The maximum Gasteiger partial charge on any atom is 0.326 e. The molecular weight excluding hydrogens is 232 g/mol. The summed E-state index contributed by atoms with van der Waals surface area (Å²) in [6, 6.07) is 7.89. The van der Waals surface area contributed by atoms with Crippen molar-refractivity contribution >= 4 is 11.9 Å². The summed E-state index contributed by atoms with van der Waals surface area (Å²) in [5.41, 5.74) is 0.877.